The van der Waals surface area contributed by atoms with Gasteiger partial charge < -0.3 is 18.3 Å². The highest BCUT2D eigenvalue weighted by Crippen LogP contribution is 2.47. The normalized spacial score (nSPS) is 13.1. The molecule has 0 radical (unpaired) electrons. The smallest absolute Gasteiger partial charge is 0.0701 e. The first-order valence-corrected chi connectivity index (χ1v) is 26.0. The van der Waals surface area contributed by atoms with Gasteiger partial charge in [0.2, 0.25) is 0 Å². The van der Waals surface area contributed by atoms with Crippen LogP contribution in [0.1, 0.15) is 129 Å². The lowest BCUT2D eigenvalue weighted by atomic mass is 9.65. The van der Waals surface area contributed by atoms with Crippen LogP contribution >= 0.6 is 0 Å². The predicted molar refractivity (Wildman–Crippen MR) is 308 cm³/mol. The number of para-hydroxylation sites is 4. The standard InChI is InChI=1S/C69H64N4/c1-45(2)61-41-70(65-21-13-9-17-57(61)65)53-33-25-49(26-34-53)69(50-27-35-54(36-28-50)71-42-62(46(3)4)58-18-10-14-22-66(58)71,51-29-37-55(38-30-51)72-43-63(47(5)6)59-19-11-15-23-67(59)72)52-31-39-56(40-32-52)73-44-64(48(7)8)60-20-12-16-24-68(60)73/h9-48H,1-8H3/i9D,10D,11D,12D. The predicted octanol–water partition coefficient (Wildman–Crippen LogP) is 18.3. The van der Waals surface area contributed by atoms with Crippen molar-refractivity contribution in [3.8, 4) is 22.7 Å². The van der Waals surface area contributed by atoms with E-state index in [9.17, 15) is 0 Å². The molecule has 0 fully saturated rings. The van der Waals surface area contributed by atoms with Crippen LogP contribution < -0.4 is 0 Å². The van der Waals surface area contributed by atoms with Gasteiger partial charge in [0.1, 0.15) is 0 Å². The van der Waals surface area contributed by atoms with Gasteiger partial charge in [-0.2, -0.15) is 0 Å². The van der Waals surface area contributed by atoms with Crippen LogP contribution in [0.3, 0.4) is 0 Å². The molecule has 4 heteroatoms. The van der Waals surface area contributed by atoms with E-state index < -0.39 is 5.41 Å². The summed E-state index contributed by atoms with van der Waals surface area (Å²) in [7, 11) is 0. The molecule has 0 saturated heterocycles. The Kier molecular flexibility index (Phi) is 10.4. The molecule has 0 unspecified atom stereocenters. The molecule has 12 aromatic rings. The number of hydrogen-bond acceptors (Lipinski definition) is 0. The van der Waals surface area contributed by atoms with Gasteiger partial charge in [0, 0.05) is 69.1 Å². The molecule has 0 spiro atoms. The molecule has 4 nitrogen and oxygen atoms in total. The molecular formula is C69H64N4. The molecule has 360 valence electrons. The van der Waals surface area contributed by atoms with Gasteiger partial charge >= 0.3 is 0 Å². The lowest BCUT2D eigenvalue weighted by Crippen LogP contribution is -2.31. The molecule has 0 amide bonds. The molecule has 0 aliphatic carbocycles. The lowest BCUT2D eigenvalue weighted by Gasteiger charge is -2.37. The summed E-state index contributed by atoms with van der Waals surface area (Å²) in [5, 5.41) is 4.42. The molecule has 4 heterocycles. The maximum atomic E-state index is 8.51. The summed E-state index contributed by atoms with van der Waals surface area (Å²) in [6.07, 6.45) is 8.98. The van der Waals surface area contributed by atoms with Gasteiger partial charge in [0.15, 0.2) is 0 Å². The summed E-state index contributed by atoms with van der Waals surface area (Å²) >= 11 is 0. The van der Waals surface area contributed by atoms with Gasteiger partial charge in [-0.15, -0.1) is 0 Å². The zero-order valence-electron chi connectivity index (χ0n) is 47.1. The van der Waals surface area contributed by atoms with Crippen molar-refractivity contribution in [1.29, 1.82) is 0 Å². The first-order chi connectivity index (χ1) is 37.1. The number of hydrogen-bond donors (Lipinski definition) is 0. The van der Waals surface area contributed by atoms with E-state index in [1.807, 2.05) is 48.5 Å². The van der Waals surface area contributed by atoms with Crippen LogP contribution in [-0.2, 0) is 5.41 Å². The first kappa shape index (κ1) is 41.5. The first-order valence-electron chi connectivity index (χ1n) is 28.0. The zero-order valence-corrected chi connectivity index (χ0v) is 43.1. The fourth-order valence-electron chi connectivity index (χ4n) is 11.7. The SMILES string of the molecule is [2H]c1ccc2c(c1)c(C(C)C)cn2-c1ccc(C(c2ccc(-n3cc(C(C)C)c4cc([2H])ccc43)cc2)(c2ccc(-n3cc(C(C)C)c4cc([2H])ccc43)cc2)c2ccc(-n3cc(C(C)C)c4cc([2H])ccc43)cc2)cc1. The average Bonchev–Trinajstić information content (AvgIpc) is 4.32. The Morgan fingerprint density at radius 2 is 0.493 bits per heavy atom. The number of rotatable bonds is 12. The van der Waals surface area contributed by atoms with Crippen LogP contribution in [0.25, 0.3) is 66.4 Å². The van der Waals surface area contributed by atoms with Crippen LogP contribution in [0.15, 0.2) is 219 Å². The molecule has 0 bridgehead atoms. The van der Waals surface area contributed by atoms with Crippen molar-refractivity contribution < 1.29 is 5.48 Å². The second-order valence-electron chi connectivity index (χ2n) is 21.1. The van der Waals surface area contributed by atoms with Crippen molar-refractivity contribution in [2.75, 3.05) is 0 Å². The van der Waals surface area contributed by atoms with Crippen LogP contribution in [0.2, 0.25) is 0 Å². The Balaban J connectivity index is 1.09. The molecule has 0 saturated carbocycles. The Bertz CT molecular complexity index is 3640. The van der Waals surface area contributed by atoms with E-state index in [-0.39, 0.29) is 23.7 Å². The third-order valence-corrected chi connectivity index (χ3v) is 15.5. The van der Waals surface area contributed by atoms with Gasteiger partial charge in [-0.05, 0) is 141 Å². The Hall–Kier alpha value is -8.08. The quantitative estimate of drug-likeness (QED) is 0.109. The molecule has 0 aliphatic heterocycles. The minimum atomic E-state index is -0.831. The highest BCUT2D eigenvalue weighted by molar-refractivity contribution is 5.89. The maximum absolute atomic E-state index is 8.51. The number of benzene rings is 8. The van der Waals surface area contributed by atoms with Crippen LogP contribution in [0.4, 0.5) is 0 Å². The molecule has 8 aromatic carbocycles. The molecule has 4 aromatic heterocycles. The number of nitrogens with zero attached hydrogens (tertiary/aromatic N) is 4. The van der Waals surface area contributed by atoms with Gasteiger partial charge in [-0.1, -0.05) is 177 Å². The van der Waals surface area contributed by atoms with Crippen molar-refractivity contribution in [3.05, 3.63) is 263 Å². The molecule has 0 aliphatic rings. The van der Waals surface area contributed by atoms with Gasteiger partial charge in [0.05, 0.1) is 33.0 Å². The third-order valence-electron chi connectivity index (χ3n) is 15.5. The highest BCUT2D eigenvalue weighted by Gasteiger charge is 2.39. The minimum Gasteiger partial charge on any atom is -0.316 e. The summed E-state index contributed by atoms with van der Waals surface area (Å²) < 4.78 is 43.1. The highest BCUT2D eigenvalue weighted by atomic mass is 15.0. The maximum Gasteiger partial charge on any atom is 0.0701 e. The van der Waals surface area contributed by atoms with Gasteiger partial charge in [-0.3, -0.25) is 0 Å². The largest absolute Gasteiger partial charge is 0.316 e. The zero-order chi connectivity index (χ0) is 53.6. The third kappa shape index (κ3) is 7.57. The molecule has 73 heavy (non-hydrogen) atoms. The lowest BCUT2D eigenvalue weighted by molar-refractivity contribution is 0.743. The second-order valence-corrected chi connectivity index (χ2v) is 21.1. The topological polar surface area (TPSA) is 19.7 Å². The van der Waals surface area contributed by atoms with Crippen LogP contribution in [0, 0.1) is 0 Å². The fraction of sp³-hybridized carbons (Fsp3) is 0.188. The van der Waals surface area contributed by atoms with E-state index in [4.69, 9.17) is 5.48 Å². The monoisotopic (exact) mass is 953 g/mol. The number of fused-ring (bicyclic) bond motifs is 4. The van der Waals surface area contributed by atoms with Crippen molar-refractivity contribution in [2.45, 2.75) is 84.5 Å². The van der Waals surface area contributed by atoms with E-state index >= 15 is 0 Å². The summed E-state index contributed by atoms with van der Waals surface area (Å²) in [5.41, 5.74) is 17.0. The van der Waals surface area contributed by atoms with Crippen LogP contribution in [-0.4, -0.2) is 18.3 Å². The minimum absolute atomic E-state index is 0.284. The van der Waals surface area contributed by atoms with Gasteiger partial charge in [-0.25, -0.2) is 0 Å². The van der Waals surface area contributed by atoms with E-state index in [1.165, 1.54) is 22.3 Å². The van der Waals surface area contributed by atoms with Crippen molar-refractivity contribution in [3.63, 3.8) is 0 Å². The van der Waals surface area contributed by atoms with E-state index in [0.717, 1.165) is 88.6 Å². The molecular weight excluding hydrogens is 885 g/mol. The van der Waals surface area contributed by atoms with Crippen molar-refractivity contribution in [1.82, 2.24) is 18.3 Å². The fourth-order valence-corrected chi connectivity index (χ4v) is 11.7. The molecule has 0 N–H and O–H groups in total. The Morgan fingerprint density at radius 1 is 0.288 bits per heavy atom. The molecule has 12 rings (SSSR count). The summed E-state index contributed by atoms with van der Waals surface area (Å²) in [6, 6.07) is 62.2. The van der Waals surface area contributed by atoms with E-state index in [0.29, 0.717) is 24.2 Å². The van der Waals surface area contributed by atoms with Crippen molar-refractivity contribution >= 4 is 43.6 Å². The van der Waals surface area contributed by atoms with Crippen LogP contribution in [0.5, 0.6) is 0 Å². The Labute approximate surface area is 436 Å². The number of aromatic nitrogens is 4. The summed E-state index contributed by atoms with van der Waals surface area (Å²) in [6.45, 7) is 17.7. The van der Waals surface area contributed by atoms with E-state index in [2.05, 4.69) is 220 Å². The summed E-state index contributed by atoms with van der Waals surface area (Å²) in [5.74, 6) is 1.13. The van der Waals surface area contributed by atoms with Crippen molar-refractivity contribution in [2.24, 2.45) is 0 Å². The Morgan fingerprint density at radius 3 is 0.685 bits per heavy atom. The second kappa shape index (κ2) is 18.2. The van der Waals surface area contributed by atoms with E-state index in [1.54, 1.807) is 0 Å². The molecule has 0 atom stereocenters. The van der Waals surface area contributed by atoms with Gasteiger partial charge in [0.25, 0.3) is 0 Å². The summed E-state index contributed by atoms with van der Waals surface area (Å²) in [4.78, 5) is 0. The average molecular weight is 953 g/mol.